The van der Waals surface area contributed by atoms with Gasteiger partial charge in [-0.1, -0.05) is 79.2 Å². The summed E-state index contributed by atoms with van der Waals surface area (Å²) in [6.07, 6.45) is 2.65. The van der Waals surface area contributed by atoms with Gasteiger partial charge in [-0.05, 0) is 81.0 Å². The Morgan fingerprint density at radius 2 is 1.51 bits per heavy atom. The summed E-state index contributed by atoms with van der Waals surface area (Å²) in [5.74, 6) is -0.193. The average molecular weight is 569 g/mol. The summed E-state index contributed by atoms with van der Waals surface area (Å²) in [6, 6.07) is 24.1. The van der Waals surface area contributed by atoms with Gasteiger partial charge in [0.1, 0.15) is 12.4 Å². The number of carbonyl (C=O) groups is 2. The molecule has 0 saturated heterocycles. The van der Waals surface area contributed by atoms with Gasteiger partial charge in [-0.2, -0.15) is 0 Å². The number of ether oxygens (including phenoxy) is 3. The number of esters is 2. The lowest BCUT2D eigenvalue weighted by molar-refractivity contribution is -0.173. The maximum absolute atomic E-state index is 12.9. The van der Waals surface area contributed by atoms with E-state index >= 15 is 0 Å². The van der Waals surface area contributed by atoms with Crippen molar-refractivity contribution in [2.75, 3.05) is 13.2 Å². The molecule has 0 atom stereocenters. The minimum absolute atomic E-state index is 0.219. The maximum Gasteiger partial charge on any atom is 0.323 e. The largest absolute Gasteiger partial charge is 0.489 e. The molecule has 0 aromatic heterocycles. The predicted octanol–water partition coefficient (Wildman–Crippen LogP) is 8.31. The van der Waals surface area contributed by atoms with Crippen LogP contribution in [0.3, 0.4) is 0 Å². The van der Waals surface area contributed by atoms with Gasteiger partial charge in [0.25, 0.3) is 0 Å². The van der Waals surface area contributed by atoms with Gasteiger partial charge >= 0.3 is 11.9 Å². The van der Waals surface area contributed by atoms with Crippen LogP contribution in [-0.4, -0.2) is 25.2 Å². The molecule has 3 aromatic carbocycles. The fraction of sp³-hybridized carbons (Fsp3) is 0.375. The van der Waals surface area contributed by atoms with E-state index in [0.29, 0.717) is 43.7 Å². The van der Waals surface area contributed by atoms with Crippen LogP contribution < -0.4 is 4.74 Å². The number of rotatable bonds is 15. The molecule has 39 heavy (non-hydrogen) atoms. The first-order valence-electron chi connectivity index (χ1n) is 13.5. The molecule has 0 unspecified atom stereocenters. The van der Waals surface area contributed by atoms with Gasteiger partial charge in [0.15, 0.2) is 5.41 Å². The number of hydrogen-bond acceptors (Lipinski definition) is 6. The van der Waals surface area contributed by atoms with Gasteiger partial charge in [-0.3, -0.25) is 9.59 Å². The fourth-order valence-corrected chi connectivity index (χ4v) is 5.71. The molecule has 3 aromatic rings. The predicted molar refractivity (Wildman–Crippen MR) is 156 cm³/mol. The third kappa shape index (κ3) is 8.77. The Bertz CT molecular complexity index is 1200. The second-order valence-electron chi connectivity index (χ2n) is 9.23. The average Bonchev–Trinajstić information content (AvgIpc) is 2.93. The van der Waals surface area contributed by atoms with E-state index in [4.69, 9.17) is 25.8 Å². The Kier molecular flexibility index (Phi) is 12.2. The second-order valence-corrected chi connectivity index (χ2v) is 10.8. The highest BCUT2D eigenvalue weighted by Crippen LogP contribution is 2.36. The van der Waals surface area contributed by atoms with Crippen LogP contribution >= 0.6 is 23.4 Å². The van der Waals surface area contributed by atoms with Crippen molar-refractivity contribution in [2.45, 2.75) is 69.3 Å². The van der Waals surface area contributed by atoms with Crippen LogP contribution in [0.15, 0.2) is 82.6 Å². The van der Waals surface area contributed by atoms with E-state index in [2.05, 4.69) is 0 Å². The topological polar surface area (TPSA) is 61.8 Å². The number of hydrogen-bond donors (Lipinski definition) is 0. The zero-order valence-electron chi connectivity index (χ0n) is 22.9. The van der Waals surface area contributed by atoms with Crippen LogP contribution in [0.5, 0.6) is 5.75 Å². The SMILES string of the molecule is CCCC(CCCc1ccc(Sc2cccc(OCc3ccccc3)c2)cc1Cl)(C(=O)OCC)C(=O)OCC. The number of benzene rings is 3. The highest BCUT2D eigenvalue weighted by Gasteiger charge is 2.47. The lowest BCUT2D eigenvalue weighted by Gasteiger charge is -2.29. The molecule has 0 fully saturated rings. The van der Waals surface area contributed by atoms with Crippen molar-refractivity contribution in [3.63, 3.8) is 0 Å². The summed E-state index contributed by atoms with van der Waals surface area (Å²) in [5, 5.41) is 0.657. The molecule has 0 saturated carbocycles. The standard InChI is InChI=1S/C32H37ClO5S/c1-4-19-32(30(34)36-5-2,31(35)37-6-3)20-11-14-25-17-18-28(22-29(25)33)39-27-16-10-15-26(21-27)38-23-24-12-8-7-9-13-24/h7-10,12-13,15-18,21-22H,4-6,11,14,19-20,23H2,1-3H3. The molecule has 0 spiro atoms. The molecule has 0 aliphatic carbocycles. The number of aryl methyl sites for hydroxylation is 1. The highest BCUT2D eigenvalue weighted by atomic mass is 35.5. The van der Waals surface area contributed by atoms with Crippen molar-refractivity contribution in [2.24, 2.45) is 5.41 Å². The van der Waals surface area contributed by atoms with Crippen molar-refractivity contribution in [3.8, 4) is 5.75 Å². The molecule has 0 heterocycles. The molecule has 0 bridgehead atoms. The van der Waals surface area contributed by atoms with Gasteiger partial charge in [0.05, 0.1) is 13.2 Å². The Morgan fingerprint density at radius 1 is 0.821 bits per heavy atom. The smallest absolute Gasteiger partial charge is 0.323 e. The first-order chi connectivity index (χ1) is 18.9. The third-order valence-corrected chi connectivity index (χ3v) is 7.70. The van der Waals surface area contributed by atoms with Crippen molar-refractivity contribution in [1.29, 1.82) is 0 Å². The lowest BCUT2D eigenvalue weighted by atomic mass is 9.78. The Balaban J connectivity index is 1.63. The molecular formula is C32H37ClO5S. The first-order valence-corrected chi connectivity index (χ1v) is 14.7. The van der Waals surface area contributed by atoms with Crippen LogP contribution in [0.25, 0.3) is 0 Å². The maximum atomic E-state index is 12.9. The molecule has 208 valence electrons. The zero-order valence-corrected chi connectivity index (χ0v) is 24.5. The molecule has 0 aliphatic heterocycles. The van der Waals surface area contributed by atoms with Crippen LogP contribution in [0.4, 0.5) is 0 Å². The quantitative estimate of drug-likeness (QED) is 0.136. The molecule has 0 radical (unpaired) electrons. The Labute approximate surface area is 241 Å². The summed E-state index contributed by atoms with van der Waals surface area (Å²) in [4.78, 5) is 27.8. The van der Waals surface area contributed by atoms with Crippen LogP contribution in [0.2, 0.25) is 5.02 Å². The van der Waals surface area contributed by atoms with Crippen LogP contribution in [0, 0.1) is 5.41 Å². The van der Waals surface area contributed by atoms with E-state index in [1.54, 1.807) is 25.6 Å². The molecule has 0 amide bonds. The molecular weight excluding hydrogens is 532 g/mol. The van der Waals surface area contributed by atoms with Crippen molar-refractivity contribution >= 4 is 35.3 Å². The monoisotopic (exact) mass is 568 g/mol. The summed E-state index contributed by atoms with van der Waals surface area (Å²) in [6.45, 7) is 6.39. The van der Waals surface area contributed by atoms with Crippen molar-refractivity contribution in [3.05, 3.63) is 88.9 Å². The number of halogens is 1. The van der Waals surface area contributed by atoms with Crippen molar-refractivity contribution in [1.82, 2.24) is 0 Å². The van der Waals surface area contributed by atoms with Crippen LogP contribution in [0.1, 0.15) is 57.6 Å². The minimum atomic E-state index is -1.28. The van der Waals surface area contributed by atoms with Gasteiger partial charge in [-0.25, -0.2) is 0 Å². The second kappa shape index (κ2) is 15.6. The van der Waals surface area contributed by atoms with E-state index in [1.807, 2.05) is 79.7 Å². The normalized spacial score (nSPS) is 11.2. The van der Waals surface area contributed by atoms with Crippen LogP contribution in [-0.2, 0) is 32.1 Å². The minimum Gasteiger partial charge on any atom is -0.489 e. The summed E-state index contributed by atoms with van der Waals surface area (Å²) in [5.41, 5.74) is 0.810. The van der Waals surface area contributed by atoms with E-state index < -0.39 is 17.4 Å². The molecule has 5 nitrogen and oxygen atoms in total. The van der Waals surface area contributed by atoms with E-state index in [0.717, 1.165) is 26.7 Å². The summed E-state index contributed by atoms with van der Waals surface area (Å²) in [7, 11) is 0. The zero-order chi connectivity index (χ0) is 28.1. The summed E-state index contributed by atoms with van der Waals surface area (Å²) < 4.78 is 16.6. The van der Waals surface area contributed by atoms with Gasteiger partial charge in [-0.15, -0.1) is 0 Å². The molecule has 0 N–H and O–H groups in total. The van der Waals surface area contributed by atoms with E-state index in [1.165, 1.54) is 0 Å². The molecule has 7 heteroatoms. The molecule has 0 aliphatic rings. The van der Waals surface area contributed by atoms with E-state index in [9.17, 15) is 9.59 Å². The first kappa shape index (κ1) is 30.6. The number of carbonyl (C=O) groups excluding carboxylic acids is 2. The van der Waals surface area contributed by atoms with Gasteiger partial charge in [0, 0.05) is 14.8 Å². The van der Waals surface area contributed by atoms with Gasteiger partial charge in [0.2, 0.25) is 0 Å². The Hall–Kier alpha value is -2.96. The highest BCUT2D eigenvalue weighted by molar-refractivity contribution is 7.99. The summed E-state index contributed by atoms with van der Waals surface area (Å²) >= 11 is 8.27. The third-order valence-electron chi connectivity index (χ3n) is 6.37. The van der Waals surface area contributed by atoms with E-state index in [-0.39, 0.29) is 13.2 Å². The Morgan fingerprint density at radius 3 is 2.15 bits per heavy atom. The van der Waals surface area contributed by atoms with Gasteiger partial charge < -0.3 is 14.2 Å². The fourth-order valence-electron chi connectivity index (χ4n) is 4.46. The van der Waals surface area contributed by atoms with Crippen molar-refractivity contribution < 1.29 is 23.8 Å². The molecule has 3 rings (SSSR count). The lowest BCUT2D eigenvalue weighted by Crippen LogP contribution is -2.42.